The number of nitrogens with zero attached hydrogens (tertiary/aromatic N) is 3. The normalized spacial score (nSPS) is 20.5. The van der Waals surface area contributed by atoms with Crippen molar-refractivity contribution in [1.29, 1.82) is 0 Å². The van der Waals surface area contributed by atoms with E-state index in [2.05, 4.69) is 4.98 Å². The average molecular weight is 378 g/mol. The molecule has 3 heterocycles. The van der Waals surface area contributed by atoms with Gasteiger partial charge in [-0.3, -0.25) is 4.79 Å². The van der Waals surface area contributed by atoms with Crippen LogP contribution in [-0.4, -0.2) is 85.3 Å². The van der Waals surface area contributed by atoms with Crippen molar-refractivity contribution in [1.82, 2.24) is 18.5 Å². The first-order chi connectivity index (χ1) is 12.6. The Balaban J connectivity index is 1.42. The van der Waals surface area contributed by atoms with E-state index >= 15 is 0 Å². The van der Waals surface area contributed by atoms with Gasteiger partial charge in [-0.05, 0) is 12.1 Å². The molecule has 4 rings (SSSR count). The van der Waals surface area contributed by atoms with Gasteiger partial charge in [0.1, 0.15) is 5.69 Å². The molecule has 0 radical (unpaired) electrons. The lowest BCUT2D eigenvalue weighted by Crippen LogP contribution is -2.55. The van der Waals surface area contributed by atoms with E-state index in [1.165, 1.54) is 8.61 Å². The fourth-order valence-electron chi connectivity index (χ4n) is 3.42. The number of ether oxygens (including phenoxy) is 1. The third-order valence-electron chi connectivity index (χ3n) is 4.91. The van der Waals surface area contributed by atoms with Crippen molar-refractivity contribution >= 4 is 27.0 Å². The summed E-state index contributed by atoms with van der Waals surface area (Å²) in [6.45, 7) is 3.02. The number of piperazine rings is 1. The quantitative estimate of drug-likeness (QED) is 0.843. The number of hydrogen-bond donors (Lipinski definition) is 1. The van der Waals surface area contributed by atoms with Crippen LogP contribution >= 0.6 is 0 Å². The predicted octanol–water partition coefficient (Wildman–Crippen LogP) is 0.503. The highest BCUT2D eigenvalue weighted by molar-refractivity contribution is 7.86. The summed E-state index contributed by atoms with van der Waals surface area (Å²) >= 11 is 0. The summed E-state index contributed by atoms with van der Waals surface area (Å²) in [6.07, 6.45) is 0. The maximum atomic E-state index is 12.7. The molecule has 2 aliphatic heterocycles. The number of carbonyl (C=O) groups is 1. The van der Waals surface area contributed by atoms with E-state index in [4.69, 9.17) is 4.74 Å². The Kier molecular flexibility index (Phi) is 4.70. The van der Waals surface area contributed by atoms with Gasteiger partial charge in [-0.2, -0.15) is 17.0 Å². The summed E-state index contributed by atoms with van der Waals surface area (Å²) in [5, 5.41) is 0.990. The number of para-hydroxylation sites is 1. The van der Waals surface area contributed by atoms with Gasteiger partial charge in [0.15, 0.2) is 0 Å². The second-order valence-electron chi connectivity index (χ2n) is 6.48. The number of amides is 1. The zero-order valence-corrected chi connectivity index (χ0v) is 15.2. The molecule has 2 fully saturated rings. The van der Waals surface area contributed by atoms with Gasteiger partial charge in [0.25, 0.3) is 16.1 Å². The van der Waals surface area contributed by atoms with Crippen LogP contribution in [-0.2, 0) is 14.9 Å². The Morgan fingerprint density at radius 2 is 1.62 bits per heavy atom. The molecule has 2 aromatic rings. The van der Waals surface area contributed by atoms with Gasteiger partial charge in [0.05, 0.1) is 13.2 Å². The number of fused-ring (bicyclic) bond motifs is 1. The molecule has 2 aliphatic rings. The highest BCUT2D eigenvalue weighted by atomic mass is 32.2. The van der Waals surface area contributed by atoms with E-state index in [1.54, 1.807) is 4.90 Å². The molecule has 0 bridgehead atoms. The number of benzene rings is 1. The third-order valence-corrected chi connectivity index (χ3v) is 6.94. The first kappa shape index (κ1) is 17.5. The largest absolute Gasteiger partial charge is 0.379 e. The molecule has 1 amide bonds. The van der Waals surface area contributed by atoms with Crippen LogP contribution in [0.5, 0.6) is 0 Å². The molecule has 8 nitrogen and oxygen atoms in total. The Morgan fingerprint density at radius 3 is 2.31 bits per heavy atom. The standard InChI is InChI=1S/C17H22N4O4S/c22-17(16-13-14-3-1-2-4-15(14)18-16)19-5-7-20(8-6-19)26(23,24)21-9-11-25-12-10-21/h1-4,13,18H,5-12H2. The SMILES string of the molecule is O=C(c1cc2ccccc2[nH]1)N1CCN(S(=O)(=O)N2CCOCC2)CC1. The summed E-state index contributed by atoms with van der Waals surface area (Å²) in [4.78, 5) is 17.6. The van der Waals surface area contributed by atoms with Crippen LogP contribution in [0.4, 0.5) is 0 Å². The second-order valence-corrected chi connectivity index (χ2v) is 8.41. The predicted molar refractivity (Wildman–Crippen MR) is 97.1 cm³/mol. The molecular formula is C17H22N4O4S. The summed E-state index contributed by atoms with van der Waals surface area (Å²) in [6, 6.07) is 9.57. The van der Waals surface area contributed by atoms with Crippen molar-refractivity contribution in [2.75, 3.05) is 52.5 Å². The van der Waals surface area contributed by atoms with Crippen LogP contribution in [0.25, 0.3) is 10.9 Å². The van der Waals surface area contributed by atoms with E-state index in [-0.39, 0.29) is 5.91 Å². The first-order valence-corrected chi connectivity index (χ1v) is 10.2. The topological polar surface area (TPSA) is 86.0 Å². The number of morpholine rings is 1. The molecule has 0 saturated carbocycles. The van der Waals surface area contributed by atoms with Crippen LogP contribution in [0.3, 0.4) is 0 Å². The first-order valence-electron chi connectivity index (χ1n) is 8.76. The molecule has 0 spiro atoms. The van der Waals surface area contributed by atoms with Crippen LogP contribution in [0, 0.1) is 0 Å². The van der Waals surface area contributed by atoms with Crippen LogP contribution in [0.2, 0.25) is 0 Å². The van der Waals surface area contributed by atoms with E-state index in [9.17, 15) is 13.2 Å². The van der Waals surface area contributed by atoms with Gasteiger partial charge in [-0.15, -0.1) is 0 Å². The smallest absolute Gasteiger partial charge is 0.282 e. The Hall–Kier alpha value is -1.94. The van der Waals surface area contributed by atoms with Crippen molar-refractivity contribution < 1.29 is 17.9 Å². The van der Waals surface area contributed by atoms with Crippen molar-refractivity contribution in [3.05, 3.63) is 36.0 Å². The van der Waals surface area contributed by atoms with Crippen LogP contribution < -0.4 is 0 Å². The van der Waals surface area contributed by atoms with E-state index in [0.29, 0.717) is 58.2 Å². The fraction of sp³-hybridized carbons (Fsp3) is 0.471. The number of H-pyrrole nitrogens is 1. The number of aromatic nitrogens is 1. The molecule has 0 atom stereocenters. The zero-order valence-electron chi connectivity index (χ0n) is 14.4. The second kappa shape index (κ2) is 6.99. The molecule has 0 aliphatic carbocycles. The highest BCUT2D eigenvalue weighted by Crippen LogP contribution is 2.18. The van der Waals surface area contributed by atoms with Gasteiger partial charge >= 0.3 is 0 Å². The molecule has 1 aromatic carbocycles. The van der Waals surface area contributed by atoms with Gasteiger partial charge in [0, 0.05) is 50.2 Å². The lowest BCUT2D eigenvalue weighted by atomic mass is 10.2. The molecule has 0 unspecified atom stereocenters. The van der Waals surface area contributed by atoms with Crippen molar-refractivity contribution in [2.45, 2.75) is 0 Å². The Morgan fingerprint density at radius 1 is 0.962 bits per heavy atom. The summed E-state index contributed by atoms with van der Waals surface area (Å²) in [5.41, 5.74) is 1.46. The zero-order chi connectivity index (χ0) is 18.1. The number of carbonyl (C=O) groups excluding carboxylic acids is 1. The molecular weight excluding hydrogens is 356 g/mol. The summed E-state index contributed by atoms with van der Waals surface area (Å²) in [5.74, 6) is -0.0929. The van der Waals surface area contributed by atoms with Crippen molar-refractivity contribution in [3.8, 4) is 0 Å². The van der Waals surface area contributed by atoms with Gasteiger partial charge < -0.3 is 14.6 Å². The van der Waals surface area contributed by atoms with Crippen LogP contribution in [0.15, 0.2) is 30.3 Å². The van der Waals surface area contributed by atoms with Crippen LogP contribution in [0.1, 0.15) is 10.5 Å². The molecule has 140 valence electrons. The number of rotatable bonds is 3. The molecule has 26 heavy (non-hydrogen) atoms. The van der Waals surface area contributed by atoms with E-state index < -0.39 is 10.2 Å². The van der Waals surface area contributed by atoms with Crippen molar-refractivity contribution in [2.24, 2.45) is 0 Å². The molecule has 1 N–H and O–H groups in total. The minimum absolute atomic E-state index is 0.0929. The number of nitrogens with one attached hydrogen (secondary N) is 1. The monoisotopic (exact) mass is 378 g/mol. The Bertz CT molecular complexity index is 863. The molecule has 9 heteroatoms. The number of aromatic amines is 1. The minimum Gasteiger partial charge on any atom is -0.379 e. The summed E-state index contributed by atoms with van der Waals surface area (Å²) < 4.78 is 33.5. The van der Waals surface area contributed by atoms with E-state index in [1.807, 2.05) is 30.3 Å². The van der Waals surface area contributed by atoms with Gasteiger partial charge in [-0.1, -0.05) is 18.2 Å². The lowest BCUT2D eigenvalue weighted by molar-refractivity contribution is 0.0634. The van der Waals surface area contributed by atoms with E-state index in [0.717, 1.165) is 10.9 Å². The van der Waals surface area contributed by atoms with Gasteiger partial charge in [0.2, 0.25) is 0 Å². The maximum absolute atomic E-state index is 12.7. The fourth-order valence-corrected chi connectivity index (χ4v) is 4.98. The highest BCUT2D eigenvalue weighted by Gasteiger charge is 2.34. The summed E-state index contributed by atoms with van der Waals surface area (Å²) in [7, 11) is -3.48. The van der Waals surface area contributed by atoms with Crippen molar-refractivity contribution in [3.63, 3.8) is 0 Å². The number of hydrogen-bond acceptors (Lipinski definition) is 4. The minimum atomic E-state index is -3.48. The third kappa shape index (κ3) is 3.23. The molecule has 2 saturated heterocycles. The van der Waals surface area contributed by atoms with Gasteiger partial charge in [-0.25, -0.2) is 0 Å². The maximum Gasteiger partial charge on any atom is 0.282 e. The lowest BCUT2D eigenvalue weighted by Gasteiger charge is -2.37. The molecule has 1 aromatic heterocycles. The Labute approximate surface area is 152 Å². The average Bonchev–Trinajstić information content (AvgIpc) is 3.12.